The number of carbonyl (C=O) groups excluding carboxylic acids is 2. The molecule has 15 nitrogen and oxygen atoms in total. The van der Waals surface area contributed by atoms with Gasteiger partial charge in [0.05, 0.1) is 152 Å². The van der Waals surface area contributed by atoms with E-state index in [-0.39, 0.29) is 12.4 Å². The summed E-state index contributed by atoms with van der Waals surface area (Å²) in [6.45, 7) is 16.2. The highest BCUT2D eigenvalue weighted by atomic mass is 16.6. The largest absolute Gasteiger partial charge is 0.491 e. The van der Waals surface area contributed by atoms with E-state index in [0.717, 1.165) is 6.29 Å². The van der Waals surface area contributed by atoms with E-state index in [1.54, 1.807) is 24.3 Å². The number of ether oxygens (including phenoxy) is 13. The second-order valence-corrected chi connectivity index (χ2v) is 11.6. The Morgan fingerprint density at radius 1 is 0.451 bits per heavy atom. The molecule has 0 aromatic heterocycles. The molecule has 1 rings (SSSR count). The lowest BCUT2D eigenvalue weighted by Gasteiger charge is -2.19. The molecule has 1 aromatic carbocycles. The first kappa shape index (κ1) is 46.7. The minimum atomic E-state index is -0.478. The van der Waals surface area contributed by atoms with Gasteiger partial charge in [0.25, 0.3) is 0 Å². The Morgan fingerprint density at radius 2 is 0.725 bits per heavy atom. The minimum Gasteiger partial charge on any atom is -0.491 e. The molecule has 296 valence electrons. The Hall–Kier alpha value is -2.28. The lowest BCUT2D eigenvalue weighted by Crippen LogP contribution is -2.24. The minimum absolute atomic E-state index is 0.228. The Morgan fingerprint density at radius 3 is 1.00 bits per heavy atom. The van der Waals surface area contributed by atoms with Crippen molar-refractivity contribution in [2.75, 3.05) is 152 Å². The van der Waals surface area contributed by atoms with Crippen LogP contribution in [0, 0.1) is 0 Å². The molecule has 0 N–H and O–H groups in total. The Bertz CT molecular complexity index is 911. The normalized spacial score (nSPS) is 11.6. The number of hydrogen-bond acceptors (Lipinski definition) is 15. The average Bonchev–Trinajstić information content (AvgIpc) is 3.11. The van der Waals surface area contributed by atoms with Gasteiger partial charge in [0.15, 0.2) is 0 Å². The maximum atomic E-state index is 11.6. The van der Waals surface area contributed by atoms with E-state index in [1.165, 1.54) is 0 Å². The van der Waals surface area contributed by atoms with Gasteiger partial charge < -0.3 is 61.6 Å². The average molecular weight is 735 g/mol. The summed E-state index contributed by atoms with van der Waals surface area (Å²) in [4.78, 5) is 22.2. The molecule has 15 heteroatoms. The van der Waals surface area contributed by atoms with Crippen LogP contribution in [0.5, 0.6) is 5.75 Å². The zero-order chi connectivity index (χ0) is 36.9. The van der Waals surface area contributed by atoms with Gasteiger partial charge in [-0.15, -0.1) is 0 Å². The second kappa shape index (κ2) is 34.8. The molecule has 1 aromatic rings. The zero-order valence-electron chi connectivity index (χ0n) is 31.0. The van der Waals surface area contributed by atoms with Crippen LogP contribution in [0.25, 0.3) is 0 Å². The lowest BCUT2D eigenvalue weighted by molar-refractivity contribution is -0.156. The van der Waals surface area contributed by atoms with Crippen molar-refractivity contribution in [3.63, 3.8) is 0 Å². The molecular formula is C36H62O15. The predicted octanol–water partition coefficient (Wildman–Crippen LogP) is 2.79. The van der Waals surface area contributed by atoms with Crippen molar-refractivity contribution in [1.29, 1.82) is 0 Å². The van der Waals surface area contributed by atoms with Crippen LogP contribution in [0.15, 0.2) is 24.3 Å². The molecule has 0 fully saturated rings. The third kappa shape index (κ3) is 34.6. The molecular weight excluding hydrogens is 672 g/mol. The quantitative estimate of drug-likeness (QED) is 0.0555. The molecule has 0 heterocycles. The Balaban J connectivity index is 1.64. The first-order valence-electron chi connectivity index (χ1n) is 17.7. The van der Waals surface area contributed by atoms with Gasteiger partial charge in [-0.3, -0.25) is 9.59 Å². The molecule has 51 heavy (non-hydrogen) atoms. The summed E-state index contributed by atoms with van der Waals surface area (Å²) in [7, 11) is 0. The van der Waals surface area contributed by atoms with Crippen LogP contribution < -0.4 is 4.74 Å². The number of rotatable bonds is 38. The summed E-state index contributed by atoms with van der Waals surface area (Å²) < 4.78 is 70.8. The van der Waals surface area contributed by atoms with Crippen molar-refractivity contribution in [2.45, 2.75) is 32.8 Å². The smallest absolute Gasteiger partial charge is 0.308 e. The predicted molar refractivity (Wildman–Crippen MR) is 187 cm³/mol. The van der Waals surface area contributed by atoms with Gasteiger partial charge in [-0.2, -0.15) is 0 Å². The van der Waals surface area contributed by atoms with Gasteiger partial charge in [0.2, 0.25) is 0 Å². The molecule has 0 aliphatic carbocycles. The zero-order valence-corrected chi connectivity index (χ0v) is 31.0. The highest BCUT2D eigenvalue weighted by Crippen LogP contribution is 2.11. The van der Waals surface area contributed by atoms with E-state index < -0.39 is 5.60 Å². The number of carbonyl (C=O) groups is 2. The van der Waals surface area contributed by atoms with Crippen molar-refractivity contribution >= 4 is 12.3 Å². The van der Waals surface area contributed by atoms with Crippen LogP contribution in [0.3, 0.4) is 0 Å². The number of aldehydes is 1. The summed E-state index contributed by atoms with van der Waals surface area (Å²) in [6, 6.07) is 6.92. The van der Waals surface area contributed by atoms with Crippen LogP contribution in [0.2, 0.25) is 0 Å². The first-order chi connectivity index (χ1) is 24.9. The highest BCUT2D eigenvalue weighted by molar-refractivity contribution is 5.74. The Labute approximate surface area is 303 Å². The van der Waals surface area contributed by atoms with Crippen LogP contribution in [0.4, 0.5) is 0 Å². The van der Waals surface area contributed by atoms with Gasteiger partial charge in [-0.05, 0) is 45.0 Å². The maximum absolute atomic E-state index is 11.6. The summed E-state index contributed by atoms with van der Waals surface area (Å²) in [5.41, 5.74) is 0.137. The molecule has 0 atom stereocenters. The third-order valence-electron chi connectivity index (χ3n) is 6.10. The van der Waals surface area contributed by atoms with Crippen molar-refractivity contribution in [1.82, 2.24) is 0 Å². The topological polar surface area (TPSA) is 154 Å². The SMILES string of the molecule is CC(C)(C)OC(=O)CCOCCOCCOCCOCCOCCOCCOCCOCCOCCOCCOCCOc1ccc(C=O)cc1. The van der Waals surface area contributed by atoms with Crippen LogP contribution in [0.1, 0.15) is 37.6 Å². The van der Waals surface area contributed by atoms with Crippen LogP contribution in [-0.4, -0.2) is 170 Å². The van der Waals surface area contributed by atoms with Gasteiger partial charge in [-0.1, -0.05) is 0 Å². The van der Waals surface area contributed by atoms with Gasteiger partial charge in [0.1, 0.15) is 24.2 Å². The molecule has 0 spiro atoms. The van der Waals surface area contributed by atoms with E-state index in [0.29, 0.717) is 163 Å². The molecule has 0 amide bonds. The molecule has 0 bridgehead atoms. The van der Waals surface area contributed by atoms with Gasteiger partial charge in [-0.25, -0.2) is 0 Å². The Kier molecular flexibility index (Phi) is 31.9. The number of hydrogen-bond donors (Lipinski definition) is 0. The van der Waals surface area contributed by atoms with E-state index >= 15 is 0 Å². The lowest BCUT2D eigenvalue weighted by atomic mass is 10.2. The van der Waals surface area contributed by atoms with Crippen LogP contribution >= 0.6 is 0 Å². The monoisotopic (exact) mass is 734 g/mol. The van der Waals surface area contributed by atoms with Crippen molar-refractivity contribution < 1.29 is 71.2 Å². The van der Waals surface area contributed by atoms with Gasteiger partial charge >= 0.3 is 5.97 Å². The number of esters is 1. The van der Waals surface area contributed by atoms with Crippen molar-refractivity contribution in [3.05, 3.63) is 29.8 Å². The standard InChI is InChI=1S/C36H62O15/c1-36(2,3)51-35(38)8-9-39-10-11-40-12-13-41-14-15-42-16-17-43-18-19-44-20-21-45-22-23-46-24-25-47-26-27-48-28-29-49-30-31-50-34-6-4-33(32-37)5-7-34/h4-7,32H,8-31H2,1-3H3. The second-order valence-electron chi connectivity index (χ2n) is 11.6. The molecule has 0 radical (unpaired) electrons. The van der Waals surface area contributed by atoms with Gasteiger partial charge in [0, 0.05) is 5.56 Å². The molecule has 0 aliphatic heterocycles. The first-order valence-corrected chi connectivity index (χ1v) is 17.7. The van der Waals surface area contributed by atoms with E-state index in [4.69, 9.17) is 61.6 Å². The molecule has 0 aliphatic rings. The maximum Gasteiger partial charge on any atom is 0.308 e. The van der Waals surface area contributed by atoms with E-state index in [9.17, 15) is 9.59 Å². The summed E-state index contributed by atoms with van der Waals surface area (Å²) in [5.74, 6) is 0.432. The summed E-state index contributed by atoms with van der Waals surface area (Å²) >= 11 is 0. The fourth-order valence-corrected chi connectivity index (χ4v) is 3.71. The third-order valence-corrected chi connectivity index (χ3v) is 6.10. The number of benzene rings is 1. The molecule has 0 saturated heterocycles. The summed E-state index contributed by atoms with van der Waals surface area (Å²) in [6.07, 6.45) is 1.02. The highest BCUT2D eigenvalue weighted by Gasteiger charge is 2.15. The molecule has 0 unspecified atom stereocenters. The van der Waals surface area contributed by atoms with Crippen molar-refractivity contribution in [3.8, 4) is 5.75 Å². The fourth-order valence-electron chi connectivity index (χ4n) is 3.71. The summed E-state index contributed by atoms with van der Waals surface area (Å²) in [5, 5.41) is 0. The van der Waals surface area contributed by atoms with Crippen molar-refractivity contribution in [2.24, 2.45) is 0 Å². The van der Waals surface area contributed by atoms with E-state index in [2.05, 4.69) is 0 Å². The van der Waals surface area contributed by atoms with Crippen LogP contribution in [-0.2, 0) is 61.6 Å². The van der Waals surface area contributed by atoms with E-state index in [1.807, 2.05) is 20.8 Å². The molecule has 0 saturated carbocycles. The fraction of sp³-hybridized carbons (Fsp3) is 0.778.